The highest BCUT2D eigenvalue weighted by atomic mass is 35.5. The maximum absolute atomic E-state index is 13.6. The molecule has 0 aliphatic heterocycles. The first-order valence-electron chi connectivity index (χ1n) is 6.32. The number of alkyl halides is 1. The molecule has 0 atom stereocenters. The van der Waals surface area contributed by atoms with E-state index in [9.17, 15) is 4.39 Å². The van der Waals surface area contributed by atoms with Gasteiger partial charge in [0.1, 0.15) is 5.82 Å². The molecule has 0 unspecified atom stereocenters. The van der Waals surface area contributed by atoms with Crippen molar-refractivity contribution in [3.05, 3.63) is 41.2 Å². The minimum absolute atomic E-state index is 0.161. The van der Waals surface area contributed by atoms with Crippen LogP contribution in [0.25, 0.3) is 6.08 Å². The van der Waals surface area contributed by atoms with Crippen LogP contribution in [0, 0.1) is 11.7 Å². The van der Waals surface area contributed by atoms with Crippen LogP contribution in [-0.2, 0) is 0 Å². The van der Waals surface area contributed by atoms with E-state index < -0.39 is 0 Å². The van der Waals surface area contributed by atoms with Gasteiger partial charge in [-0.15, -0.1) is 11.6 Å². The van der Waals surface area contributed by atoms with Crippen LogP contribution in [0.2, 0.25) is 0 Å². The van der Waals surface area contributed by atoms with Crippen LogP contribution in [0.3, 0.4) is 0 Å². The van der Waals surface area contributed by atoms with E-state index in [0.717, 1.165) is 0 Å². The van der Waals surface area contributed by atoms with Crippen molar-refractivity contribution in [2.75, 3.05) is 5.88 Å². The molecule has 0 spiro atoms. The van der Waals surface area contributed by atoms with E-state index in [0.29, 0.717) is 17.4 Å². The van der Waals surface area contributed by atoms with E-state index >= 15 is 0 Å². The lowest BCUT2D eigenvalue weighted by atomic mass is 9.83. The van der Waals surface area contributed by atoms with Gasteiger partial charge in [-0.2, -0.15) is 0 Å². The van der Waals surface area contributed by atoms with Gasteiger partial charge in [0.2, 0.25) is 0 Å². The molecular formula is C15H18ClF. The lowest BCUT2D eigenvalue weighted by molar-refractivity contribution is 0.405. The molecular weight excluding hydrogens is 235 g/mol. The molecule has 0 saturated heterocycles. The molecule has 17 heavy (non-hydrogen) atoms. The second-order valence-corrected chi connectivity index (χ2v) is 4.98. The molecule has 1 aromatic carbocycles. The highest BCUT2D eigenvalue weighted by Crippen LogP contribution is 2.31. The van der Waals surface area contributed by atoms with Crippen molar-refractivity contribution in [1.29, 1.82) is 0 Å². The molecule has 2 heteroatoms. The van der Waals surface area contributed by atoms with Crippen LogP contribution in [0.4, 0.5) is 4.39 Å². The molecule has 1 fully saturated rings. The van der Waals surface area contributed by atoms with Gasteiger partial charge >= 0.3 is 0 Å². The van der Waals surface area contributed by atoms with E-state index in [1.807, 2.05) is 18.2 Å². The van der Waals surface area contributed by atoms with Crippen LogP contribution >= 0.6 is 11.6 Å². The number of allylic oxidation sites excluding steroid dienone is 1. The summed E-state index contributed by atoms with van der Waals surface area (Å²) in [4.78, 5) is 0. The lowest BCUT2D eigenvalue weighted by Crippen LogP contribution is -2.10. The van der Waals surface area contributed by atoms with E-state index in [4.69, 9.17) is 11.6 Å². The van der Waals surface area contributed by atoms with Gasteiger partial charge in [-0.05, 0) is 24.8 Å². The topological polar surface area (TPSA) is 0 Å². The summed E-state index contributed by atoms with van der Waals surface area (Å²) < 4.78 is 13.6. The van der Waals surface area contributed by atoms with Crippen molar-refractivity contribution < 1.29 is 4.39 Å². The summed E-state index contributed by atoms with van der Waals surface area (Å²) in [6.07, 6.45) is 8.22. The average molecular weight is 253 g/mol. The van der Waals surface area contributed by atoms with Crippen molar-refractivity contribution in [3.63, 3.8) is 0 Å². The Balaban J connectivity index is 2.19. The highest BCUT2D eigenvalue weighted by molar-refractivity contribution is 6.19. The van der Waals surface area contributed by atoms with E-state index in [2.05, 4.69) is 0 Å². The van der Waals surface area contributed by atoms with Crippen LogP contribution in [0.15, 0.2) is 29.8 Å². The van der Waals surface area contributed by atoms with E-state index in [-0.39, 0.29) is 5.82 Å². The van der Waals surface area contributed by atoms with Crippen molar-refractivity contribution in [2.24, 2.45) is 5.92 Å². The van der Waals surface area contributed by atoms with Gasteiger partial charge in [-0.3, -0.25) is 0 Å². The fourth-order valence-electron chi connectivity index (χ4n) is 2.53. The fraction of sp³-hybridized carbons (Fsp3) is 0.467. The standard InChI is InChI=1S/C15H18ClF/c16-11-14(12-6-2-1-3-7-12)10-13-8-4-5-9-15(13)17/h4-5,8-10,12H,1-3,6-7,11H2. The maximum Gasteiger partial charge on any atom is 0.130 e. The second kappa shape index (κ2) is 6.20. The summed E-state index contributed by atoms with van der Waals surface area (Å²) in [6, 6.07) is 6.89. The second-order valence-electron chi connectivity index (χ2n) is 4.71. The first-order chi connectivity index (χ1) is 8.31. The van der Waals surface area contributed by atoms with Gasteiger partial charge in [-0.25, -0.2) is 4.39 Å². The summed E-state index contributed by atoms with van der Waals surface area (Å²) in [6.45, 7) is 0. The summed E-state index contributed by atoms with van der Waals surface area (Å²) in [5.41, 5.74) is 1.85. The lowest BCUT2D eigenvalue weighted by Gasteiger charge is -2.23. The Hall–Kier alpha value is -0.820. The van der Waals surface area contributed by atoms with Crippen molar-refractivity contribution in [3.8, 4) is 0 Å². The van der Waals surface area contributed by atoms with Gasteiger partial charge in [0.25, 0.3) is 0 Å². The zero-order valence-electron chi connectivity index (χ0n) is 9.96. The first kappa shape index (κ1) is 12.6. The molecule has 0 amide bonds. The number of benzene rings is 1. The minimum Gasteiger partial charge on any atom is -0.206 e. The molecule has 2 rings (SSSR count). The van der Waals surface area contributed by atoms with Crippen LogP contribution < -0.4 is 0 Å². The van der Waals surface area contributed by atoms with Crippen LogP contribution in [-0.4, -0.2) is 5.88 Å². The summed E-state index contributed by atoms with van der Waals surface area (Å²) >= 11 is 6.01. The predicted molar refractivity (Wildman–Crippen MR) is 71.7 cm³/mol. The average Bonchev–Trinajstić information content (AvgIpc) is 2.39. The molecule has 1 aromatic rings. The molecule has 0 heterocycles. The Kier molecular flexibility index (Phi) is 4.61. The third kappa shape index (κ3) is 3.32. The highest BCUT2D eigenvalue weighted by Gasteiger charge is 2.17. The van der Waals surface area contributed by atoms with Gasteiger partial charge in [0.15, 0.2) is 0 Å². The zero-order chi connectivity index (χ0) is 12.1. The first-order valence-corrected chi connectivity index (χ1v) is 6.85. The smallest absolute Gasteiger partial charge is 0.130 e. The summed E-state index contributed by atoms with van der Waals surface area (Å²) in [5, 5.41) is 0. The monoisotopic (exact) mass is 252 g/mol. The number of hydrogen-bond donors (Lipinski definition) is 0. The van der Waals surface area contributed by atoms with Crippen molar-refractivity contribution >= 4 is 17.7 Å². The molecule has 0 radical (unpaired) electrons. The van der Waals surface area contributed by atoms with Gasteiger partial charge in [0, 0.05) is 11.4 Å². The van der Waals surface area contributed by atoms with Crippen molar-refractivity contribution in [2.45, 2.75) is 32.1 Å². The normalized spacial score (nSPS) is 18.4. The number of hydrogen-bond acceptors (Lipinski definition) is 0. The Labute approximate surface area is 107 Å². The van der Waals surface area contributed by atoms with Gasteiger partial charge in [0.05, 0.1) is 0 Å². The van der Waals surface area contributed by atoms with Gasteiger partial charge < -0.3 is 0 Å². The predicted octanol–water partition coefficient (Wildman–Crippen LogP) is 5.03. The molecule has 1 aliphatic rings. The fourth-order valence-corrected chi connectivity index (χ4v) is 2.83. The van der Waals surface area contributed by atoms with Gasteiger partial charge in [-0.1, -0.05) is 49.1 Å². The molecule has 1 aliphatic carbocycles. The maximum atomic E-state index is 13.6. The number of rotatable bonds is 3. The molecule has 0 N–H and O–H groups in total. The molecule has 1 saturated carbocycles. The third-order valence-electron chi connectivity index (χ3n) is 3.53. The minimum atomic E-state index is -0.161. The Bertz CT molecular complexity index is 392. The number of halogens is 2. The SMILES string of the molecule is Fc1ccccc1C=C(CCl)C1CCCCC1. The summed E-state index contributed by atoms with van der Waals surface area (Å²) in [5.74, 6) is 0.908. The van der Waals surface area contributed by atoms with E-state index in [1.165, 1.54) is 43.7 Å². The Morgan fingerprint density at radius 3 is 2.59 bits per heavy atom. The zero-order valence-corrected chi connectivity index (χ0v) is 10.7. The third-order valence-corrected chi connectivity index (χ3v) is 3.84. The molecule has 0 aromatic heterocycles. The van der Waals surface area contributed by atoms with Crippen molar-refractivity contribution in [1.82, 2.24) is 0 Å². The summed E-state index contributed by atoms with van der Waals surface area (Å²) in [7, 11) is 0. The molecule has 0 nitrogen and oxygen atoms in total. The Morgan fingerprint density at radius 2 is 1.94 bits per heavy atom. The largest absolute Gasteiger partial charge is 0.206 e. The molecule has 0 bridgehead atoms. The Morgan fingerprint density at radius 1 is 1.24 bits per heavy atom. The van der Waals surface area contributed by atoms with E-state index in [1.54, 1.807) is 6.07 Å². The van der Waals surface area contributed by atoms with Crippen LogP contribution in [0.1, 0.15) is 37.7 Å². The quantitative estimate of drug-likeness (QED) is 0.662. The van der Waals surface area contributed by atoms with Crippen LogP contribution in [0.5, 0.6) is 0 Å². The molecule has 92 valence electrons.